The highest BCUT2D eigenvalue weighted by atomic mass is 16.5. The first-order chi connectivity index (χ1) is 3.80. The van der Waals surface area contributed by atoms with Gasteiger partial charge >= 0.3 is 0 Å². The highest BCUT2D eigenvalue weighted by Gasteiger charge is 2.04. The van der Waals surface area contributed by atoms with Crippen LogP contribution in [0.25, 0.3) is 0 Å². The fourth-order valence-electron chi connectivity index (χ4n) is 0.757. The Kier molecular flexibility index (Phi) is 1.42. The second kappa shape index (κ2) is 2.07. The van der Waals surface area contributed by atoms with Crippen LogP contribution < -0.4 is 5.73 Å². The number of ether oxygens (including phenoxy) is 1. The van der Waals surface area contributed by atoms with Gasteiger partial charge in [0.15, 0.2) is 0 Å². The first-order valence-electron chi connectivity index (χ1n) is 2.89. The van der Waals surface area contributed by atoms with E-state index in [1.54, 1.807) is 0 Å². The Balaban J connectivity index is 2.60. The molecule has 0 aromatic carbocycles. The fraction of sp³-hybridized carbons (Fsp3) is 0.667. The summed E-state index contributed by atoms with van der Waals surface area (Å²) in [4.78, 5) is 0. The number of allylic oxidation sites excluding steroid dienone is 2. The summed E-state index contributed by atoms with van der Waals surface area (Å²) in [6.45, 7) is 2.75. The van der Waals surface area contributed by atoms with Crippen molar-refractivity contribution in [2.75, 3.05) is 6.61 Å². The van der Waals surface area contributed by atoms with Crippen LogP contribution in [-0.4, -0.2) is 6.61 Å². The molecule has 1 aliphatic rings. The van der Waals surface area contributed by atoms with Gasteiger partial charge in [0.1, 0.15) is 5.76 Å². The SMILES string of the molecule is CC1=C(N)CCCO1. The molecule has 1 heterocycles. The van der Waals surface area contributed by atoms with Crippen LogP contribution >= 0.6 is 0 Å². The summed E-state index contributed by atoms with van der Waals surface area (Å²) in [5.41, 5.74) is 6.45. The van der Waals surface area contributed by atoms with Gasteiger partial charge in [-0.1, -0.05) is 0 Å². The van der Waals surface area contributed by atoms with Gasteiger partial charge in [-0.2, -0.15) is 0 Å². The zero-order chi connectivity index (χ0) is 5.98. The van der Waals surface area contributed by atoms with Crippen LogP contribution in [0.5, 0.6) is 0 Å². The minimum Gasteiger partial charge on any atom is -0.496 e. The minimum atomic E-state index is 0.840. The molecule has 0 aromatic heterocycles. The summed E-state index contributed by atoms with van der Waals surface area (Å²) in [5, 5.41) is 0. The van der Waals surface area contributed by atoms with Crippen molar-refractivity contribution >= 4 is 0 Å². The molecule has 1 aliphatic heterocycles. The van der Waals surface area contributed by atoms with E-state index in [1.165, 1.54) is 0 Å². The molecule has 2 nitrogen and oxygen atoms in total. The molecular weight excluding hydrogens is 102 g/mol. The lowest BCUT2D eigenvalue weighted by molar-refractivity contribution is 0.188. The van der Waals surface area contributed by atoms with Gasteiger partial charge in [0.05, 0.1) is 6.61 Å². The van der Waals surface area contributed by atoms with Crippen LogP contribution in [0.1, 0.15) is 19.8 Å². The average molecular weight is 113 g/mol. The predicted molar refractivity (Wildman–Crippen MR) is 32.1 cm³/mol. The van der Waals surface area contributed by atoms with Crippen LogP contribution in [-0.2, 0) is 4.74 Å². The van der Waals surface area contributed by atoms with E-state index in [9.17, 15) is 0 Å². The first-order valence-corrected chi connectivity index (χ1v) is 2.89. The standard InChI is InChI=1S/C6H11NO/c1-5-6(7)3-2-4-8-5/h2-4,7H2,1H3. The fourth-order valence-corrected chi connectivity index (χ4v) is 0.757. The molecule has 1 rings (SSSR count). The molecule has 0 saturated carbocycles. The van der Waals surface area contributed by atoms with Crippen molar-refractivity contribution in [3.05, 3.63) is 11.5 Å². The highest BCUT2D eigenvalue weighted by molar-refractivity contribution is 5.03. The van der Waals surface area contributed by atoms with Gasteiger partial charge in [-0.05, 0) is 19.8 Å². The monoisotopic (exact) mass is 113 g/mol. The number of hydrogen-bond acceptors (Lipinski definition) is 2. The van der Waals surface area contributed by atoms with Crippen LogP contribution in [0.3, 0.4) is 0 Å². The third kappa shape index (κ3) is 0.941. The molecule has 0 aliphatic carbocycles. The van der Waals surface area contributed by atoms with Crippen LogP contribution in [0.2, 0.25) is 0 Å². The predicted octanol–water partition coefficient (Wildman–Crippen LogP) is 0.987. The molecule has 0 aromatic rings. The lowest BCUT2D eigenvalue weighted by atomic mass is 10.2. The van der Waals surface area contributed by atoms with E-state index in [-0.39, 0.29) is 0 Å². The molecule has 46 valence electrons. The number of nitrogens with two attached hydrogens (primary N) is 1. The third-order valence-corrected chi connectivity index (χ3v) is 1.36. The molecule has 2 N–H and O–H groups in total. The van der Waals surface area contributed by atoms with Crippen LogP contribution in [0.4, 0.5) is 0 Å². The number of rotatable bonds is 0. The largest absolute Gasteiger partial charge is 0.496 e. The Morgan fingerprint density at radius 2 is 2.38 bits per heavy atom. The smallest absolute Gasteiger partial charge is 0.111 e. The van der Waals surface area contributed by atoms with E-state index in [0.29, 0.717) is 0 Å². The summed E-state index contributed by atoms with van der Waals surface area (Å²) in [7, 11) is 0. The Bertz CT molecular complexity index is 104. The molecule has 0 fully saturated rings. The summed E-state index contributed by atoms with van der Waals surface area (Å²) in [6.07, 6.45) is 2.08. The minimum absolute atomic E-state index is 0.840. The van der Waals surface area contributed by atoms with E-state index < -0.39 is 0 Å². The van der Waals surface area contributed by atoms with Crippen LogP contribution in [0.15, 0.2) is 11.5 Å². The molecule has 0 unspecified atom stereocenters. The van der Waals surface area contributed by atoms with Crippen molar-refractivity contribution in [1.82, 2.24) is 0 Å². The van der Waals surface area contributed by atoms with Crippen molar-refractivity contribution in [2.45, 2.75) is 19.8 Å². The van der Waals surface area contributed by atoms with Gasteiger partial charge in [-0.25, -0.2) is 0 Å². The van der Waals surface area contributed by atoms with E-state index in [0.717, 1.165) is 30.9 Å². The molecule has 0 atom stereocenters. The molecule has 2 heteroatoms. The molecule has 0 radical (unpaired) electrons. The zero-order valence-corrected chi connectivity index (χ0v) is 5.11. The molecule has 0 saturated heterocycles. The second-order valence-electron chi connectivity index (χ2n) is 2.03. The van der Waals surface area contributed by atoms with Crippen molar-refractivity contribution < 1.29 is 4.74 Å². The maximum atomic E-state index is 5.53. The molecule has 0 spiro atoms. The summed E-state index contributed by atoms with van der Waals surface area (Å²) in [5.74, 6) is 0.913. The first kappa shape index (κ1) is 5.48. The van der Waals surface area contributed by atoms with Gasteiger partial charge in [-0.3, -0.25) is 0 Å². The van der Waals surface area contributed by atoms with Gasteiger partial charge in [0.2, 0.25) is 0 Å². The van der Waals surface area contributed by atoms with Crippen molar-refractivity contribution in [3.8, 4) is 0 Å². The quantitative estimate of drug-likeness (QED) is 0.508. The van der Waals surface area contributed by atoms with E-state index in [4.69, 9.17) is 10.5 Å². The van der Waals surface area contributed by atoms with Crippen molar-refractivity contribution in [2.24, 2.45) is 5.73 Å². The van der Waals surface area contributed by atoms with Crippen LogP contribution in [0, 0.1) is 0 Å². The van der Waals surface area contributed by atoms with E-state index in [2.05, 4.69) is 0 Å². The molecule has 0 bridgehead atoms. The van der Waals surface area contributed by atoms with Gasteiger partial charge in [0, 0.05) is 5.70 Å². The average Bonchev–Trinajstić information content (AvgIpc) is 1.77. The molecule has 8 heavy (non-hydrogen) atoms. The van der Waals surface area contributed by atoms with Gasteiger partial charge in [-0.15, -0.1) is 0 Å². The maximum absolute atomic E-state index is 5.53. The van der Waals surface area contributed by atoms with Crippen molar-refractivity contribution in [3.63, 3.8) is 0 Å². The second-order valence-corrected chi connectivity index (χ2v) is 2.03. The Labute approximate surface area is 49.3 Å². The summed E-state index contributed by atoms with van der Waals surface area (Å²) < 4.78 is 5.14. The summed E-state index contributed by atoms with van der Waals surface area (Å²) >= 11 is 0. The Morgan fingerprint density at radius 3 is 2.75 bits per heavy atom. The third-order valence-electron chi connectivity index (χ3n) is 1.36. The Morgan fingerprint density at radius 1 is 1.62 bits per heavy atom. The van der Waals surface area contributed by atoms with Gasteiger partial charge in [0.25, 0.3) is 0 Å². The van der Waals surface area contributed by atoms with E-state index >= 15 is 0 Å². The zero-order valence-electron chi connectivity index (χ0n) is 5.11. The maximum Gasteiger partial charge on any atom is 0.111 e. The van der Waals surface area contributed by atoms with E-state index in [1.807, 2.05) is 6.92 Å². The van der Waals surface area contributed by atoms with Crippen molar-refractivity contribution in [1.29, 1.82) is 0 Å². The normalized spacial score (nSPS) is 20.6. The number of hydrogen-bond donors (Lipinski definition) is 1. The summed E-state index contributed by atoms with van der Waals surface area (Å²) in [6, 6.07) is 0. The molecular formula is C6H11NO. The lowest BCUT2D eigenvalue weighted by Gasteiger charge is -2.14. The lowest BCUT2D eigenvalue weighted by Crippen LogP contribution is -2.10. The highest BCUT2D eigenvalue weighted by Crippen LogP contribution is 2.12. The topological polar surface area (TPSA) is 35.2 Å². The van der Waals surface area contributed by atoms with Gasteiger partial charge < -0.3 is 10.5 Å². The molecule has 0 amide bonds. The Hall–Kier alpha value is -0.660.